The van der Waals surface area contributed by atoms with Gasteiger partial charge in [-0.1, -0.05) is 42.6 Å². The van der Waals surface area contributed by atoms with E-state index in [0.29, 0.717) is 6.54 Å². The predicted octanol–water partition coefficient (Wildman–Crippen LogP) is 6.83. The number of fused-ring (bicyclic) bond motifs is 2. The van der Waals surface area contributed by atoms with Gasteiger partial charge in [0.05, 0.1) is 28.2 Å². The number of anilines is 2. The Morgan fingerprint density at radius 3 is 2.41 bits per heavy atom. The van der Waals surface area contributed by atoms with Crippen LogP contribution in [0.25, 0.3) is 0 Å². The van der Waals surface area contributed by atoms with Gasteiger partial charge in [-0.25, -0.2) is 0 Å². The first kappa shape index (κ1) is 22.9. The molecule has 0 aromatic heterocycles. The Balaban J connectivity index is 1.64. The van der Waals surface area contributed by atoms with Crippen molar-refractivity contribution in [2.24, 2.45) is 0 Å². The number of carbonyl (C=O) groups is 1. The first-order valence-corrected chi connectivity index (χ1v) is 12.8. The van der Waals surface area contributed by atoms with E-state index in [-0.39, 0.29) is 11.8 Å². The molecule has 2 aliphatic rings. The lowest BCUT2D eigenvalue weighted by molar-refractivity contribution is -0.136. The van der Waals surface area contributed by atoms with Crippen LogP contribution in [0.15, 0.2) is 68.9 Å². The standard InChI is InChI=1S/C26H30N2O2S2/c1-5-19(15-24-27(6-2)20-13-17(3)7-9-22(20)31-24)16-25-28(12-11-26(29)30)21-14-18(4)8-10-23(21)32-25/h7-10,13-16,25H,5-6,11-12H2,1-4H3,(H,29,30)/b19-16+,24-15-. The summed E-state index contributed by atoms with van der Waals surface area (Å²) in [6.07, 6.45) is 5.69. The molecule has 4 rings (SSSR count). The third-order valence-corrected chi connectivity index (χ3v) is 8.16. The summed E-state index contributed by atoms with van der Waals surface area (Å²) in [6, 6.07) is 13.1. The minimum absolute atomic E-state index is 0.101. The Morgan fingerprint density at radius 1 is 1.06 bits per heavy atom. The number of nitrogens with zero attached hydrogens (tertiary/aromatic N) is 2. The normalized spacial score (nSPS) is 18.9. The van der Waals surface area contributed by atoms with E-state index < -0.39 is 5.97 Å². The maximum Gasteiger partial charge on any atom is 0.305 e. The van der Waals surface area contributed by atoms with Gasteiger partial charge in [-0.3, -0.25) is 4.79 Å². The third kappa shape index (κ3) is 4.71. The molecule has 0 amide bonds. The number of benzene rings is 2. The van der Waals surface area contributed by atoms with E-state index in [9.17, 15) is 9.90 Å². The lowest BCUT2D eigenvalue weighted by Gasteiger charge is -2.25. The van der Waals surface area contributed by atoms with Crippen LogP contribution in [0.2, 0.25) is 0 Å². The average molecular weight is 467 g/mol. The maximum atomic E-state index is 11.3. The summed E-state index contributed by atoms with van der Waals surface area (Å²) >= 11 is 3.64. The fourth-order valence-electron chi connectivity index (χ4n) is 4.12. The van der Waals surface area contributed by atoms with Gasteiger partial charge in [0.1, 0.15) is 0 Å². The molecule has 0 spiro atoms. The molecule has 2 heterocycles. The summed E-state index contributed by atoms with van der Waals surface area (Å²) in [5.41, 5.74) is 6.19. The number of carboxylic acids is 1. The Morgan fingerprint density at radius 2 is 1.75 bits per heavy atom. The van der Waals surface area contributed by atoms with E-state index in [1.807, 2.05) is 23.5 Å². The number of aryl methyl sites for hydroxylation is 2. The van der Waals surface area contributed by atoms with Crippen molar-refractivity contribution in [2.45, 2.75) is 55.7 Å². The quantitative estimate of drug-likeness (QED) is 0.483. The second kappa shape index (κ2) is 9.67. The molecule has 0 saturated carbocycles. The smallest absolute Gasteiger partial charge is 0.305 e. The topological polar surface area (TPSA) is 43.8 Å². The molecular weight excluding hydrogens is 436 g/mol. The van der Waals surface area contributed by atoms with Crippen molar-refractivity contribution >= 4 is 40.9 Å². The summed E-state index contributed by atoms with van der Waals surface area (Å²) in [5, 5.41) is 10.6. The van der Waals surface area contributed by atoms with Crippen LogP contribution in [0.4, 0.5) is 11.4 Å². The van der Waals surface area contributed by atoms with Crippen LogP contribution in [0.1, 0.15) is 37.8 Å². The van der Waals surface area contributed by atoms with Crippen molar-refractivity contribution in [1.82, 2.24) is 0 Å². The van der Waals surface area contributed by atoms with Crippen molar-refractivity contribution in [3.8, 4) is 0 Å². The molecule has 168 valence electrons. The molecule has 2 aliphatic heterocycles. The molecule has 4 nitrogen and oxygen atoms in total. The van der Waals surface area contributed by atoms with E-state index in [1.165, 1.54) is 37.2 Å². The lowest BCUT2D eigenvalue weighted by Crippen LogP contribution is -2.30. The molecule has 6 heteroatoms. The highest BCUT2D eigenvalue weighted by Crippen LogP contribution is 2.48. The van der Waals surface area contributed by atoms with Crippen molar-refractivity contribution in [3.05, 3.63) is 70.3 Å². The minimum Gasteiger partial charge on any atom is -0.481 e. The van der Waals surface area contributed by atoms with Crippen LogP contribution in [0.3, 0.4) is 0 Å². The van der Waals surface area contributed by atoms with Crippen LogP contribution in [0, 0.1) is 13.8 Å². The van der Waals surface area contributed by atoms with Gasteiger partial charge in [0, 0.05) is 22.9 Å². The van der Waals surface area contributed by atoms with Gasteiger partial charge in [0.15, 0.2) is 0 Å². The van der Waals surface area contributed by atoms with Crippen LogP contribution < -0.4 is 9.80 Å². The monoisotopic (exact) mass is 466 g/mol. The first-order chi connectivity index (χ1) is 15.4. The minimum atomic E-state index is -0.759. The second-order valence-corrected chi connectivity index (χ2v) is 10.4. The summed E-state index contributed by atoms with van der Waals surface area (Å²) in [6.45, 7) is 10.0. The molecule has 0 bridgehead atoms. The van der Waals surface area contributed by atoms with Gasteiger partial charge >= 0.3 is 5.97 Å². The van der Waals surface area contributed by atoms with E-state index in [4.69, 9.17) is 0 Å². The molecule has 2 aromatic rings. The molecule has 1 unspecified atom stereocenters. The summed E-state index contributed by atoms with van der Waals surface area (Å²) in [5.74, 6) is -0.759. The van der Waals surface area contributed by atoms with Crippen LogP contribution >= 0.6 is 23.5 Å². The number of allylic oxidation sites excluding steroid dienone is 2. The lowest BCUT2D eigenvalue weighted by atomic mass is 10.1. The first-order valence-electron chi connectivity index (χ1n) is 11.1. The molecular formula is C26H30N2O2S2. The zero-order valence-electron chi connectivity index (χ0n) is 19.1. The number of hydrogen-bond acceptors (Lipinski definition) is 5. The van der Waals surface area contributed by atoms with Gasteiger partial charge in [0.2, 0.25) is 0 Å². The van der Waals surface area contributed by atoms with E-state index in [1.54, 1.807) is 0 Å². The molecule has 1 atom stereocenters. The highest BCUT2D eigenvalue weighted by molar-refractivity contribution is 8.03. The molecule has 0 aliphatic carbocycles. The Kier molecular flexibility index (Phi) is 6.91. The molecule has 0 fully saturated rings. The number of thioether (sulfide) groups is 2. The summed E-state index contributed by atoms with van der Waals surface area (Å²) in [7, 11) is 0. The number of rotatable bonds is 7. The fraction of sp³-hybridized carbons (Fsp3) is 0.346. The van der Waals surface area contributed by atoms with Gasteiger partial charge in [0.25, 0.3) is 0 Å². The predicted molar refractivity (Wildman–Crippen MR) is 137 cm³/mol. The van der Waals surface area contributed by atoms with Gasteiger partial charge in [-0.2, -0.15) is 0 Å². The van der Waals surface area contributed by atoms with Crippen molar-refractivity contribution in [3.63, 3.8) is 0 Å². The zero-order chi connectivity index (χ0) is 22.8. The van der Waals surface area contributed by atoms with Crippen LogP contribution in [0.5, 0.6) is 0 Å². The van der Waals surface area contributed by atoms with Crippen LogP contribution in [-0.2, 0) is 4.79 Å². The Labute approximate surface area is 199 Å². The second-order valence-electron chi connectivity index (χ2n) is 8.21. The highest BCUT2D eigenvalue weighted by Gasteiger charge is 2.30. The Bertz CT molecular complexity index is 1090. The van der Waals surface area contributed by atoms with E-state index >= 15 is 0 Å². The largest absolute Gasteiger partial charge is 0.481 e. The van der Waals surface area contributed by atoms with Crippen molar-refractivity contribution in [2.75, 3.05) is 22.9 Å². The number of carboxylic acid groups (broad SMARTS) is 1. The SMILES string of the molecule is CCC(/C=C1\Sc2ccc(C)cc2N1CC)=C\C1Sc2ccc(C)cc2N1CCC(=O)O. The van der Waals surface area contributed by atoms with Crippen molar-refractivity contribution < 1.29 is 9.90 Å². The highest BCUT2D eigenvalue weighted by atomic mass is 32.2. The molecule has 2 aromatic carbocycles. The Hall–Kier alpha value is -2.31. The maximum absolute atomic E-state index is 11.3. The van der Waals surface area contributed by atoms with E-state index in [0.717, 1.165) is 18.7 Å². The summed E-state index contributed by atoms with van der Waals surface area (Å²) < 4.78 is 0. The molecule has 1 N–H and O–H groups in total. The molecule has 0 radical (unpaired) electrons. The van der Waals surface area contributed by atoms with Gasteiger partial charge < -0.3 is 14.9 Å². The van der Waals surface area contributed by atoms with Gasteiger partial charge in [-0.05, 0) is 80.3 Å². The third-order valence-electron chi connectivity index (χ3n) is 5.82. The van der Waals surface area contributed by atoms with E-state index in [2.05, 4.69) is 86.0 Å². The van der Waals surface area contributed by atoms with Crippen LogP contribution in [-0.4, -0.2) is 29.5 Å². The molecule has 32 heavy (non-hydrogen) atoms. The zero-order valence-corrected chi connectivity index (χ0v) is 20.7. The number of hydrogen-bond donors (Lipinski definition) is 1. The molecule has 0 saturated heterocycles. The number of aliphatic carboxylic acids is 1. The van der Waals surface area contributed by atoms with Crippen molar-refractivity contribution in [1.29, 1.82) is 0 Å². The van der Waals surface area contributed by atoms with Gasteiger partial charge in [-0.15, -0.1) is 0 Å². The average Bonchev–Trinajstić information content (AvgIpc) is 3.27. The fourth-order valence-corrected chi connectivity index (χ4v) is 6.60. The summed E-state index contributed by atoms with van der Waals surface area (Å²) in [4.78, 5) is 18.4.